The standard InChI is InChI=1S/C12H15N3/c1-14-7-3-5-11(14)9-13-10-12-6-4-8-15(12)2/h3-9H,10H2,1-2H3. The second kappa shape index (κ2) is 4.17. The normalized spacial score (nSPS) is 11.3. The van der Waals surface area contributed by atoms with E-state index in [9.17, 15) is 0 Å². The zero-order chi connectivity index (χ0) is 10.7. The average Bonchev–Trinajstić information content (AvgIpc) is 2.78. The lowest BCUT2D eigenvalue weighted by atomic mass is 10.4. The lowest BCUT2D eigenvalue weighted by Crippen LogP contribution is -1.95. The molecule has 0 saturated heterocycles. The van der Waals surface area contributed by atoms with Gasteiger partial charge < -0.3 is 9.13 Å². The van der Waals surface area contributed by atoms with Crippen LogP contribution in [0.15, 0.2) is 41.7 Å². The Morgan fingerprint density at radius 2 is 1.87 bits per heavy atom. The van der Waals surface area contributed by atoms with Gasteiger partial charge in [-0.15, -0.1) is 0 Å². The molecule has 0 amide bonds. The quantitative estimate of drug-likeness (QED) is 0.678. The van der Waals surface area contributed by atoms with E-state index in [-0.39, 0.29) is 0 Å². The van der Waals surface area contributed by atoms with Crippen LogP contribution in [0, 0.1) is 0 Å². The summed E-state index contributed by atoms with van der Waals surface area (Å²) in [5, 5.41) is 0. The second-order valence-electron chi connectivity index (χ2n) is 3.62. The highest BCUT2D eigenvalue weighted by Gasteiger charge is 1.94. The summed E-state index contributed by atoms with van der Waals surface area (Å²) in [5.41, 5.74) is 2.35. The van der Waals surface area contributed by atoms with Crippen molar-refractivity contribution in [2.45, 2.75) is 6.54 Å². The molecule has 0 aliphatic rings. The number of aromatic nitrogens is 2. The Morgan fingerprint density at radius 3 is 2.47 bits per heavy atom. The molecule has 2 heterocycles. The molecule has 0 spiro atoms. The summed E-state index contributed by atoms with van der Waals surface area (Å²) in [6.45, 7) is 0.731. The molecule has 0 N–H and O–H groups in total. The van der Waals surface area contributed by atoms with Crippen molar-refractivity contribution in [3.05, 3.63) is 48.0 Å². The minimum absolute atomic E-state index is 0.731. The zero-order valence-electron chi connectivity index (χ0n) is 9.09. The molecule has 2 aromatic rings. The van der Waals surface area contributed by atoms with Gasteiger partial charge in [-0.05, 0) is 24.3 Å². The lowest BCUT2D eigenvalue weighted by molar-refractivity contribution is 0.825. The number of rotatable bonds is 3. The van der Waals surface area contributed by atoms with Crippen molar-refractivity contribution in [3.63, 3.8) is 0 Å². The maximum atomic E-state index is 4.41. The van der Waals surface area contributed by atoms with Gasteiger partial charge in [-0.25, -0.2) is 0 Å². The summed E-state index contributed by atoms with van der Waals surface area (Å²) in [6.07, 6.45) is 5.96. The van der Waals surface area contributed by atoms with Crippen molar-refractivity contribution in [3.8, 4) is 0 Å². The number of aryl methyl sites for hydroxylation is 2. The first-order valence-corrected chi connectivity index (χ1v) is 4.99. The Bertz CT molecular complexity index is 463. The fraction of sp³-hybridized carbons (Fsp3) is 0.250. The Balaban J connectivity index is 2.02. The van der Waals surface area contributed by atoms with Crippen LogP contribution in [0.4, 0.5) is 0 Å². The van der Waals surface area contributed by atoms with E-state index in [1.807, 2.05) is 44.8 Å². The van der Waals surface area contributed by atoms with Crippen molar-refractivity contribution >= 4 is 6.21 Å². The van der Waals surface area contributed by atoms with E-state index < -0.39 is 0 Å². The fourth-order valence-electron chi connectivity index (χ4n) is 1.50. The van der Waals surface area contributed by atoms with Crippen LogP contribution in [0.5, 0.6) is 0 Å². The smallest absolute Gasteiger partial charge is 0.0792 e. The van der Waals surface area contributed by atoms with Gasteiger partial charge in [0.05, 0.1) is 12.2 Å². The number of hydrogen-bond donors (Lipinski definition) is 0. The first-order chi connectivity index (χ1) is 7.27. The van der Waals surface area contributed by atoms with E-state index in [4.69, 9.17) is 0 Å². The molecule has 3 nitrogen and oxygen atoms in total. The monoisotopic (exact) mass is 201 g/mol. The third-order valence-electron chi connectivity index (χ3n) is 2.51. The molecule has 0 fully saturated rings. The SMILES string of the molecule is Cn1cccc1C=NCc1cccn1C. The maximum Gasteiger partial charge on any atom is 0.0792 e. The molecular weight excluding hydrogens is 186 g/mol. The molecule has 78 valence electrons. The van der Waals surface area contributed by atoms with Gasteiger partial charge in [0, 0.05) is 38.4 Å². The molecule has 2 rings (SSSR count). The molecule has 0 atom stereocenters. The number of hydrogen-bond acceptors (Lipinski definition) is 1. The van der Waals surface area contributed by atoms with E-state index in [1.165, 1.54) is 5.69 Å². The van der Waals surface area contributed by atoms with Crippen molar-refractivity contribution in [1.82, 2.24) is 9.13 Å². The molecule has 0 unspecified atom stereocenters. The highest BCUT2D eigenvalue weighted by molar-refractivity contribution is 5.77. The van der Waals surface area contributed by atoms with E-state index in [0.29, 0.717) is 0 Å². The van der Waals surface area contributed by atoms with Crippen molar-refractivity contribution in [2.24, 2.45) is 19.1 Å². The van der Waals surface area contributed by atoms with Gasteiger partial charge >= 0.3 is 0 Å². The van der Waals surface area contributed by atoms with Crippen LogP contribution in [0.2, 0.25) is 0 Å². The molecule has 0 aliphatic heterocycles. The first kappa shape index (κ1) is 9.77. The summed E-state index contributed by atoms with van der Waals surface area (Å²) in [7, 11) is 4.05. The summed E-state index contributed by atoms with van der Waals surface area (Å²) in [6, 6.07) is 8.19. The predicted molar refractivity (Wildman–Crippen MR) is 62.1 cm³/mol. The van der Waals surface area contributed by atoms with Crippen LogP contribution >= 0.6 is 0 Å². The third kappa shape index (κ3) is 2.18. The lowest BCUT2D eigenvalue weighted by Gasteiger charge is -1.98. The third-order valence-corrected chi connectivity index (χ3v) is 2.51. The van der Waals surface area contributed by atoms with E-state index in [2.05, 4.69) is 26.3 Å². The van der Waals surface area contributed by atoms with Gasteiger partial charge in [0.1, 0.15) is 0 Å². The maximum absolute atomic E-state index is 4.41. The van der Waals surface area contributed by atoms with E-state index >= 15 is 0 Å². The van der Waals surface area contributed by atoms with E-state index in [0.717, 1.165) is 12.2 Å². The van der Waals surface area contributed by atoms with Crippen LogP contribution < -0.4 is 0 Å². The number of aliphatic imine (C=N–C) groups is 1. The minimum Gasteiger partial charge on any atom is -0.353 e. The molecule has 0 aromatic carbocycles. The minimum atomic E-state index is 0.731. The Morgan fingerprint density at radius 1 is 1.13 bits per heavy atom. The van der Waals surface area contributed by atoms with Gasteiger partial charge in [-0.1, -0.05) is 0 Å². The predicted octanol–water partition coefficient (Wildman–Crippen LogP) is 1.98. The van der Waals surface area contributed by atoms with Gasteiger partial charge in [0.25, 0.3) is 0 Å². The molecule has 0 aliphatic carbocycles. The second-order valence-corrected chi connectivity index (χ2v) is 3.62. The Labute approximate surface area is 89.7 Å². The highest BCUT2D eigenvalue weighted by atomic mass is 15.0. The van der Waals surface area contributed by atoms with Gasteiger partial charge in [-0.2, -0.15) is 0 Å². The summed E-state index contributed by atoms with van der Waals surface area (Å²) < 4.78 is 4.14. The first-order valence-electron chi connectivity index (χ1n) is 4.99. The topological polar surface area (TPSA) is 22.2 Å². The van der Waals surface area contributed by atoms with Crippen molar-refractivity contribution in [1.29, 1.82) is 0 Å². The summed E-state index contributed by atoms with van der Waals surface area (Å²) in [5.74, 6) is 0. The summed E-state index contributed by atoms with van der Waals surface area (Å²) in [4.78, 5) is 4.41. The summed E-state index contributed by atoms with van der Waals surface area (Å²) >= 11 is 0. The van der Waals surface area contributed by atoms with Crippen LogP contribution in [0.3, 0.4) is 0 Å². The molecule has 0 radical (unpaired) electrons. The number of nitrogens with zero attached hydrogens (tertiary/aromatic N) is 3. The zero-order valence-corrected chi connectivity index (χ0v) is 9.09. The van der Waals surface area contributed by atoms with Crippen LogP contribution in [-0.4, -0.2) is 15.3 Å². The molecule has 2 aromatic heterocycles. The van der Waals surface area contributed by atoms with Crippen LogP contribution in [0.25, 0.3) is 0 Å². The molecule has 15 heavy (non-hydrogen) atoms. The van der Waals surface area contributed by atoms with Crippen LogP contribution in [0.1, 0.15) is 11.4 Å². The largest absolute Gasteiger partial charge is 0.353 e. The van der Waals surface area contributed by atoms with Gasteiger partial charge in [-0.3, -0.25) is 4.99 Å². The Kier molecular flexibility index (Phi) is 2.72. The van der Waals surface area contributed by atoms with E-state index in [1.54, 1.807) is 0 Å². The molecular formula is C12H15N3. The average molecular weight is 201 g/mol. The Hall–Kier alpha value is -1.77. The fourth-order valence-corrected chi connectivity index (χ4v) is 1.50. The van der Waals surface area contributed by atoms with Crippen molar-refractivity contribution in [2.75, 3.05) is 0 Å². The van der Waals surface area contributed by atoms with Crippen LogP contribution in [-0.2, 0) is 20.6 Å². The van der Waals surface area contributed by atoms with Gasteiger partial charge in [0.15, 0.2) is 0 Å². The van der Waals surface area contributed by atoms with Gasteiger partial charge in [0.2, 0.25) is 0 Å². The molecule has 0 saturated carbocycles. The van der Waals surface area contributed by atoms with Crippen molar-refractivity contribution < 1.29 is 0 Å². The molecule has 0 bridgehead atoms. The molecule has 3 heteroatoms. The highest BCUT2D eigenvalue weighted by Crippen LogP contribution is 2.02.